The van der Waals surface area contributed by atoms with Crippen LogP contribution in [0.15, 0.2) is 83.7 Å². The van der Waals surface area contributed by atoms with Crippen LogP contribution in [0.3, 0.4) is 0 Å². The van der Waals surface area contributed by atoms with Crippen molar-refractivity contribution in [3.63, 3.8) is 0 Å². The minimum Gasteiger partial charge on any atom is -0.335 e. The zero-order valence-electron chi connectivity index (χ0n) is 17.3. The third-order valence-corrected chi connectivity index (χ3v) is 7.40. The van der Waals surface area contributed by atoms with Crippen molar-refractivity contribution in [1.82, 2.24) is 13.9 Å². The minimum absolute atomic E-state index is 0.0905. The highest BCUT2D eigenvalue weighted by Gasteiger charge is 2.31. The zero-order valence-corrected chi connectivity index (χ0v) is 19.0. The molecule has 1 amide bonds. The molecule has 4 rings (SSSR count). The van der Waals surface area contributed by atoms with Gasteiger partial charge in [0.2, 0.25) is 0 Å². The lowest BCUT2D eigenvalue weighted by atomic mass is 10.1. The lowest BCUT2D eigenvalue weighted by Gasteiger charge is -2.27. The molecule has 2 aliphatic heterocycles. The Labute approximate surface area is 190 Å². The first-order chi connectivity index (χ1) is 15.3. The van der Waals surface area contributed by atoms with Crippen LogP contribution in [0.4, 0.5) is 10.1 Å². The Morgan fingerprint density at radius 3 is 2.66 bits per heavy atom. The fraction of sp³-hybridized carbons (Fsp3) is 0.136. The zero-order chi connectivity index (χ0) is 22.9. The molecule has 2 aliphatic rings. The highest BCUT2D eigenvalue weighted by Crippen LogP contribution is 2.34. The summed E-state index contributed by atoms with van der Waals surface area (Å²) in [5.41, 5.74) is 1.65. The number of anilines is 1. The monoisotopic (exact) mass is 472 g/mol. The number of hydrogen-bond donors (Lipinski definition) is 2. The molecule has 0 saturated carbocycles. The second kappa shape index (κ2) is 8.71. The summed E-state index contributed by atoms with van der Waals surface area (Å²) >= 11 is 1.25. The quantitative estimate of drug-likeness (QED) is 0.616. The normalized spacial score (nSPS) is 15.9. The highest BCUT2D eigenvalue weighted by molar-refractivity contribution is 7.97. The molecule has 0 aliphatic carbocycles. The van der Waals surface area contributed by atoms with E-state index in [0.29, 0.717) is 5.70 Å². The molecule has 2 aromatic rings. The van der Waals surface area contributed by atoms with Gasteiger partial charge in [-0.3, -0.25) is 13.8 Å². The average Bonchev–Trinajstić information content (AvgIpc) is 3.27. The third-order valence-electron chi connectivity index (χ3n) is 5.25. The SMILES string of the molecule is CC(c1ccc(F)cc1)N(C)C(=O)c1ccccc1NS(=O)(=O)C1=CC=CN2SNC=C12. The fourth-order valence-electron chi connectivity index (χ4n) is 3.35. The Bertz CT molecular complexity index is 1240. The molecule has 1 atom stereocenters. The van der Waals surface area contributed by atoms with E-state index in [2.05, 4.69) is 9.44 Å². The lowest BCUT2D eigenvalue weighted by Crippen LogP contribution is -2.31. The summed E-state index contributed by atoms with van der Waals surface area (Å²) in [5, 5.41) is 0. The third kappa shape index (κ3) is 4.23. The van der Waals surface area contributed by atoms with Crippen molar-refractivity contribution in [3.05, 3.63) is 101 Å². The number of fused-ring (bicyclic) bond motifs is 1. The van der Waals surface area contributed by atoms with Gasteiger partial charge in [-0.05, 0) is 48.9 Å². The van der Waals surface area contributed by atoms with E-state index in [1.165, 1.54) is 35.2 Å². The highest BCUT2D eigenvalue weighted by atomic mass is 32.2. The molecule has 10 heteroatoms. The van der Waals surface area contributed by atoms with Gasteiger partial charge in [-0.15, -0.1) is 0 Å². The average molecular weight is 473 g/mol. The number of allylic oxidation sites excluding steroid dienone is 2. The van der Waals surface area contributed by atoms with Gasteiger partial charge in [-0.25, -0.2) is 12.8 Å². The van der Waals surface area contributed by atoms with Crippen molar-refractivity contribution < 1.29 is 17.6 Å². The number of halogens is 1. The molecule has 2 aromatic carbocycles. The van der Waals surface area contributed by atoms with Gasteiger partial charge >= 0.3 is 0 Å². The van der Waals surface area contributed by atoms with Gasteiger partial charge < -0.3 is 9.62 Å². The Morgan fingerprint density at radius 1 is 1.19 bits per heavy atom. The number of amides is 1. The van der Waals surface area contributed by atoms with Crippen molar-refractivity contribution in [2.24, 2.45) is 0 Å². The number of hydrogen-bond acceptors (Lipinski definition) is 6. The van der Waals surface area contributed by atoms with Crippen LogP contribution >= 0.6 is 12.1 Å². The van der Waals surface area contributed by atoms with Gasteiger partial charge in [0.25, 0.3) is 15.9 Å². The molecule has 0 saturated heterocycles. The Hall–Kier alpha value is -3.24. The molecule has 7 nitrogen and oxygen atoms in total. The standard InChI is InChI=1S/C22H21FN4O3S2/c1-15(16-9-11-17(23)12-10-16)26(2)22(28)18-6-3-4-7-19(18)25-32(29,30)21-8-5-13-27-20(21)14-24-31-27/h3-15,24-25H,1-2H3. The van der Waals surface area contributed by atoms with Crippen LogP contribution in [0.2, 0.25) is 0 Å². The van der Waals surface area contributed by atoms with Crippen molar-refractivity contribution >= 4 is 33.8 Å². The van der Waals surface area contributed by atoms with Gasteiger partial charge in [-0.2, -0.15) is 0 Å². The van der Waals surface area contributed by atoms with Gasteiger partial charge in [0, 0.05) is 19.4 Å². The number of carbonyl (C=O) groups is 1. The van der Waals surface area contributed by atoms with E-state index in [1.807, 2.05) is 6.92 Å². The predicted octanol–water partition coefficient (Wildman–Crippen LogP) is 4.12. The van der Waals surface area contributed by atoms with Crippen LogP contribution in [0, 0.1) is 5.82 Å². The topological polar surface area (TPSA) is 81.8 Å². The van der Waals surface area contributed by atoms with Crippen LogP contribution < -0.4 is 9.44 Å². The van der Waals surface area contributed by atoms with Crippen molar-refractivity contribution in [2.75, 3.05) is 11.8 Å². The number of nitrogens with one attached hydrogen (secondary N) is 2. The molecule has 0 fully saturated rings. The summed E-state index contributed by atoms with van der Waals surface area (Å²) in [4.78, 5) is 14.8. The summed E-state index contributed by atoms with van der Waals surface area (Å²) in [6, 6.07) is 12.0. The van der Waals surface area contributed by atoms with Crippen LogP contribution in [0.5, 0.6) is 0 Å². The lowest BCUT2D eigenvalue weighted by molar-refractivity contribution is 0.0743. The summed E-state index contributed by atoms with van der Waals surface area (Å²) < 4.78 is 46.7. The molecule has 0 bridgehead atoms. The number of para-hydroxylation sites is 1. The molecule has 32 heavy (non-hydrogen) atoms. The summed E-state index contributed by atoms with van der Waals surface area (Å²) in [6.07, 6.45) is 6.50. The molecular weight excluding hydrogens is 451 g/mol. The van der Waals surface area contributed by atoms with Gasteiger partial charge in [0.05, 0.1) is 35.1 Å². The first-order valence-corrected chi connectivity index (χ1v) is 12.0. The summed E-state index contributed by atoms with van der Waals surface area (Å²) in [7, 11) is -2.34. The maximum absolute atomic E-state index is 13.3. The second-order valence-corrected chi connectivity index (χ2v) is 9.69. The smallest absolute Gasteiger partial charge is 0.264 e. The van der Waals surface area contributed by atoms with Crippen molar-refractivity contribution in [2.45, 2.75) is 13.0 Å². The van der Waals surface area contributed by atoms with E-state index in [9.17, 15) is 17.6 Å². The Morgan fingerprint density at radius 2 is 1.91 bits per heavy atom. The molecule has 0 radical (unpaired) electrons. The molecule has 2 heterocycles. The largest absolute Gasteiger partial charge is 0.335 e. The first-order valence-electron chi connectivity index (χ1n) is 9.73. The Kier molecular flexibility index (Phi) is 5.98. The van der Waals surface area contributed by atoms with Crippen LogP contribution in [-0.4, -0.2) is 30.6 Å². The van der Waals surface area contributed by atoms with Crippen LogP contribution in [-0.2, 0) is 10.0 Å². The maximum atomic E-state index is 13.3. The molecule has 0 aromatic heterocycles. The van der Waals surface area contributed by atoms with E-state index >= 15 is 0 Å². The van der Waals surface area contributed by atoms with E-state index in [4.69, 9.17) is 0 Å². The molecule has 1 unspecified atom stereocenters. The molecule has 0 spiro atoms. The van der Waals surface area contributed by atoms with Crippen molar-refractivity contribution in [3.8, 4) is 0 Å². The van der Waals surface area contributed by atoms with Gasteiger partial charge in [0.1, 0.15) is 10.7 Å². The summed E-state index contributed by atoms with van der Waals surface area (Å²) in [6.45, 7) is 1.82. The minimum atomic E-state index is -3.97. The molecule has 166 valence electrons. The number of carbonyl (C=O) groups excluding carboxylic acids is 1. The molecular formula is C22H21FN4O3S2. The number of nitrogens with zero attached hydrogens (tertiary/aromatic N) is 2. The van der Waals surface area contributed by atoms with Crippen LogP contribution in [0.25, 0.3) is 0 Å². The van der Waals surface area contributed by atoms with E-state index in [0.717, 1.165) is 5.56 Å². The number of sulfonamides is 1. The number of benzene rings is 2. The maximum Gasteiger partial charge on any atom is 0.264 e. The van der Waals surface area contributed by atoms with E-state index in [1.54, 1.807) is 66.2 Å². The van der Waals surface area contributed by atoms with E-state index < -0.39 is 10.0 Å². The van der Waals surface area contributed by atoms with Gasteiger partial charge in [-0.1, -0.05) is 24.3 Å². The van der Waals surface area contributed by atoms with E-state index in [-0.39, 0.29) is 33.9 Å². The number of rotatable bonds is 6. The fourth-order valence-corrected chi connectivity index (χ4v) is 5.34. The van der Waals surface area contributed by atoms with Gasteiger partial charge in [0.15, 0.2) is 0 Å². The predicted molar refractivity (Wildman–Crippen MR) is 124 cm³/mol. The van der Waals surface area contributed by atoms with Crippen molar-refractivity contribution in [1.29, 1.82) is 0 Å². The molecule has 2 N–H and O–H groups in total. The summed E-state index contributed by atoms with van der Waals surface area (Å²) in [5.74, 6) is -0.720. The second-order valence-electron chi connectivity index (χ2n) is 7.23. The van der Waals surface area contributed by atoms with Crippen LogP contribution in [0.1, 0.15) is 28.9 Å². The Balaban J connectivity index is 1.60. The first kappa shape index (κ1) is 22.0.